The van der Waals surface area contributed by atoms with Crippen LogP contribution < -0.4 is 11.1 Å². The van der Waals surface area contributed by atoms with Crippen LogP contribution in [0.15, 0.2) is 42.0 Å². The van der Waals surface area contributed by atoms with Crippen LogP contribution in [0.2, 0.25) is 0 Å². The minimum absolute atomic E-state index is 0.0816. The predicted octanol–water partition coefficient (Wildman–Crippen LogP) is 2.47. The third-order valence-corrected chi connectivity index (χ3v) is 4.38. The predicted molar refractivity (Wildman–Crippen MR) is 95.4 cm³/mol. The van der Waals surface area contributed by atoms with Crippen molar-refractivity contribution in [1.82, 2.24) is 10.2 Å². The molecule has 1 aliphatic rings. The monoisotopic (exact) mass is 329 g/mol. The Morgan fingerprint density at radius 1 is 1.25 bits per heavy atom. The maximum Gasteiger partial charge on any atom is 0.312 e. The molecule has 5 nitrogen and oxygen atoms in total. The van der Waals surface area contributed by atoms with Crippen molar-refractivity contribution >= 4 is 11.9 Å². The van der Waals surface area contributed by atoms with Crippen molar-refractivity contribution in [1.29, 1.82) is 0 Å². The number of rotatable bonds is 4. The molecule has 3 amide bonds. The second-order valence-corrected chi connectivity index (χ2v) is 7.26. The van der Waals surface area contributed by atoms with Crippen molar-refractivity contribution in [3.63, 3.8) is 0 Å². The number of hydrogen-bond donors (Lipinski definition) is 2. The SMILES string of the molecule is CC(C)(C)C1=CCN(C(=O)[C@@H](Cc2ccccc2)NC(N)=O)CC1. The summed E-state index contributed by atoms with van der Waals surface area (Å²) in [6, 6.07) is 8.33. The number of nitrogens with zero attached hydrogens (tertiary/aromatic N) is 1. The Morgan fingerprint density at radius 3 is 2.42 bits per heavy atom. The van der Waals surface area contributed by atoms with Gasteiger partial charge in [0.15, 0.2) is 0 Å². The summed E-state index contributed by atoms with van der Waals surface area (Å²) < 4.78 is 0. The molecular formula is C19H27N3O2. The van der Waals surface area contributed by atoms with E-state index in [1.807, 2.05) is 30.3 Å². The standard InChI is InChI=1S/C19H27N3O2/c1-19(2,3)15-9-11-22(12-10-15)17(23)16(21-18(20)24)13-14-7-5-4-6-8-14/h4-9,16H,10-13H2,1-3H3,(H3,20,21,24)/t16-/m1/s1. The lowest BCUT2D eigenvalue weighted by atomic mass is 9.83. The maximum absolute atomic E-state index is 12.8. The van der Waals surface area contributed by atoms with Gasteiger partial charge in [0, 0.05) is 19.5 Å². The Hall–Kier alpha value is -2.30. The molecule has 24 heavy (non-hydrogen) atoms. The van der Waals surface area contributed by atoms with Crippen molar-refractivity contribution in [2.75, 3.05) is 13.1 Å². The van der Waals surface area contributed by atoms with E-state index in [9.17, 15) is 9.59 Å². The van der Waals surface area contributed by atoms with Gasteiger partial charge in [-0.15, -0.1) is 0 Å². The molecule has 0 saturated carbocycles. The van der Waals surface area contributed by atoms with Gasteiger partial charge >= 0.3 is 6.03 Å². The van der Waals surface area contributed by atoms with Crippen LogP contribution in [0.25, 0.3) is 0 Å². The first-order valence-electron chi connectivity index (χ1n) is 8.35. The van der Waals surface area contributed by atoms with E-state index in [1.165, 1.54) is 5.57 Å². The van der Waals surface area contributed by atoms with Crippen LogP contribution in [0.3, 0.4) is 0 Å². The van der Waals surface area contributed by atoms with Gasteiger partial charge in [-0.3, -0.25) is 4.79 Å². The topological polar surface area (TPSA) is 75.4 Å². The van der Waals surface area contributed by atoms with Crippen molar-refractivity contribution < 1.29 is 9.59 Å². The van der Waals surface area contributed by atoms with Gasteiger partial charge in [0.2, 0.25) is 5.91 Å². The molecule has 1 aromatic carbocycles. The smallest absolute Gasteiger partial charge is 0.312 e. The molecule has 0 fully saturated rings. The Kier molecular flexibility index (Phi) is 5.65. The van der Waals surface area contributed by atoms with E-state index < -0.39 is 12.1 Å². The molecule has 1 aliphatic heterocycles. The van der Waals surface area contributed by atoms with E-state index >= 15 is 0 Å². The summed E-state index contributed by atoms with van der Waals surface area (Å²) in [5.41, 5.74) is 7.75. The van der Waals surface area contributed by atoms with Crippen molar-refractivity contribution in [3.05, 3.63) is 47.5 Å². The van der Waals surface area contributed by atoms with Gasteiger partial charge in [0.05, 0.1) is 0 Å². The molecule has 1 atom stereocenters. The minimum Gasteiger partial charge on any atom is -0.352 e. The number of hydrogen-bond acceptors (Lipinski definition) is 2. The highest BCUT2D eigenvalue weighted by atomic mass is 16.2. The summed E-state index contributed by atoms with van der Waals surface area (Å²) in [6.45, 7) is 7.81. The van der Waals surface area contributed by atoms with Crippen molar-refractivity contribution in [3.8, 4) is 0 Å². The normalized spacial score (nSPS) is 16.3. The molecule has 0 bridgehead atoms. The third kappa shape index (κ3) is 4.85. The quantitative estimate of drug-likeness (QED) is 0.833. The van der Waals surface area contributed by atoms with E-state index in [4.69, 9.17) is 5.73 Å². The summed E-state index contributed by atoms with van der Waals surface area (Å²) >= 11 is 0. The zero-order valence-electron chi connectivity index (χ0n) is 14.7. The fraction of sp³-hybridized carbons (Fsp3) is 0.474. The summed E-state index contributed by atoms with van der Waals surface area (Å²) in [7, 11) is 0. The van der Waals surface area contributed by atoms with Gasteiger partial charge in [-0.05, 0) is 17.4 Å². The molecular weight excluding hydrogens is 302 g/mol. The molecule has 0 aliphatic carbocycles. The van der Waals surface area contributed by atoms with E-state index in [0.29, 0.717) is 19.5 Å². The number of carbonyl (C=O) groups is 2. The molecule has 130 valence electrons. The van der Waals surface area contributed by atoms with Crippen LogP contribution in [0, 0.1) is 5.41 Å². The van der Waals surface area contributed by atoms with Crippen molar-refractivity contribution in [2.24, 2.45) is 11.1 Å². The molecule has 0 radical (unpaired) electrons. The number of nitrogens with two attached hydrogens (primary N) is 1. The molecule has 3 N–H and O–H groups in total. The Bertz CT molecular complexity index is 617. The first kappa shape index (κ1) is 18.0. The van der Waals surface area contributed by atoms with Crippen LogP contribution in [-0.2, 0) is 11.2 Å². The first-order chi connectivity index (χ1) is 11.3. The van der Waals surface area contributed by atoms with Gasteiger partial charge in [0.25, 0.3) is 0 Å². The second-order valence-electron chi connectivity index (χ2n) is 7.26. The summed E-state index contributed by atoms with van der Waals surface area (Å²) in [5.74, 6) is -0.0816. The number of carbonyl (C=O) groups excluding carboxylic acids is 2. The summed E-state index contributed by atoms with van der Waals surface area (Å²) in [4.78, 5) is 25.9. The number of amides is 3. The molecule has 0 aromatic heterocycles. The van der Waals surface area contributed by atoms with Crippen LogP contribution in [0.4, 0.5) is 4.79 Å². The Labute approximate surface area is 143 Å². The Morgan fingerprint density at radius 2 is 1.92 bits per heavy atom. The zero-order chi connectivity index (χ0) is 17.7. The lowest BCUT2D eigenvalue weighted by molar-refractivity contribution is -0.132. The molecule has 5 heteroatoms. The molecule has 1 aromatic rings. The minimum atomic E-state index is -0.674. The lowest BCUT2D eigenvalue weighted by Gasteiger charge is -2.34. The molecule has 0 spiro atoms. The molecule has 2 rings (SSSR count). The van der Waals surface area contributed by atoms with Gasteiger partial charge in [0.1, 0.15) is 6.04 Å². The highest BCUT2D eigenvalue weighted by molar-refractivity contribution is 5.87. The average Bonchev–Trinajstić information content (AvgIpc) is 2.53. The number of nitrogens with one attached hydrogen (secondary N) is 1. The zero-order valence-corrected chi connectivity index (χ0v) is 14.7. The fourth-order valence-electron chi connectivity index (χ4n) is 2.99. The number of benzene rings is 1. The highest BCUT2D eigenvalue weighted by Gasteiger charge is 2.28. The van der Waals surface area contributed by atoms with Crippen LogP contribution in [-0.4, -0.2) is 36.0 Å². The van der Waals surface area contributed by atoms with Gasteiger partial charge in [-0.25, -0.2) is 4.79 Å². The molecule has 0 saturated heterocycles. The third-order valence-electron chi connectivity index (χ3n) is 4.38. The molecule has 0 unspecified atom stereocenters. The van der Waals surface area contributed by atoms with Gasteiger partial charge < -0.3 is 16.0 Å². The van der Waals surface area contributed by atoms with E-state index in [-0.39, 0.29) is 11.3 Å². The van der Waals surface area contributed by atoms with E-state index in [2.05, 4.69) is 32.2 Å². The van der Waals surface area contributed by atoms with Crippen LogP contribution >= 0.6 is 0 Å². The molecule has 1 heterocycles. The first-order valence-corrected chi connectivity index (χ1v) is 8.35. The van der Waals surface area contributed by atoms with Gasteiger partial charge in [-0.2, -0.15) is 0 Å². The average molecular weight is 329 g/mol. The fourth-order valence-corrected chi connectivity index (χ4v) is 2.99. The lowest BCUT2D eigenvalue weighted by Crippen LogP contribution is -2.52. The van der Waals surface area contributed by atoms with Crippen LogP contribution in [0.5, 0.6) is 0 Å². The maximum atomic E-state index is 12.8. The van der Waals surface area contributed by atoms with Gasteiger partial charge in [-0.1, -0.05) is 62.8 Å². The van der Waals surface area contributed by atoms with E-state index in [1.54, 1.807) is 4.90 Å². The van der Waals surface area contributed by atoms with Crippen molar-refractivity contribution in [2.45, 2.75) is 39.7 Å². The highest BCUT2D eigenvalue weighted by Crippen LogP contribution is 2.30. The second kappa shape index (κ2) is 7.51. The summed E-state index contributed by atoms with van der Waals surface area (Å²) in [5, 5.41) is 2.59. The number of primary amides is 1. The van der Waals surface area contributed by atoms with E-state index in [0.717, 1.165) is 12.0 Å². The number of urea groups is 1. The largest absolute Gasteiger partial charge is 0.352 e. The summed E-state index contributed by atoms with van der Waals surface area (Å²) in [6.07, 6.45) is 3.43. The van der Waals surface area contributed by atoms with Crippen LogP contribution in [0.1, 0.15) is 32.8 Å². The Balaban J connectivity index is 2.08.